The Bertz CT molecular complexity index is 424. The zero-order valence-electron chi connectivity index (χ0n) is 10.5. The third-order valence-electron chi connectivity index (χ3n) is 2.37. The number of nitrogen functional groups attached to an aromatic ring is 1. The molecule has 0 atom stereocenters. The Morgan fingerprint density at radius 3 is 2.78 bits per heavy atom. The molecule has 0 bridgehead atoms. The summed E-state index contributed by atoms with van der Waals surface area (Å²) in [5.74, 6) is 0.158. The van der Waals surface area contributed by atoms with Crippen LogP contribution in [0.3, 0.4) is 0 Å². The van der Waals surface area contributed by atoms with E-state index in [9.17, 15) is 4.79 Å². The highest BCUT2D eigenvalue weighted by molar-refractivity contribution is 6.33. The largest absolute Gasteiger partial charge is 0.496 e. The number of ether oxygens (including phenoxy) is 2. The van der Waals surface area contributed by atoms with Gasteiger partial charge in [-0.25, -0.2) is 0 Å². The van der Waals surface area contributed by atoms with E-state index in [0.717, 1.165) is 6.42 Å². The van der Waals surface area contributed by atoms with Gasteiger partial charge < -0.3 is 20.5 Å². The summed E-state index contributed by atoms with van der Waals surface area (Å²) in [6.07, 6.45) is 0.743. The highest BCUT2D eigenvalue weighted by atomic mass is 35.5. The number of methoxy groups -OCH3 is 2. The van der Waals surface area contributed by atoms with Crippen molar-refractivity contribution in [1.29, 1.82) is 0 Å². The number of hydrogen-bond donors (Lipinski definition) is 2. The lowest BCUT2D eigenvalue weighted by molar-refractivity contribution is 0.0945. The molecule has 0 unspecified atom stereocenters. The highest BCUT2D eigenvalue weighted by Gasteiger charge is 2.14. The third kappa shape index (κ3) is 3.78. The van der Waals surface area contributed by atoms with Gasteiger partial charge in [0.15, 0.2) is 0 Å². The fourth-order valence-electron chi connectivity index (χ4n) is 1.43. The van der Waals surface area contributed by atoms with Crippen LogP contribution in [0.4, 0.5) is 5.69 Å². The van der Waals surface area contributed by atoms with Crippen LogP contribution < -0.4 is 15.8 Å². The van der Waals surface area contributed by atoms with Crippen molar-refractivity contribution >= 4 is 23.2 Å². The van der Waals surface area contributed by atoms with Gasteiger partial charge in [-0.05, 0) is 12.5 Å². The highest BCUT2D eigenvalue weighted by Crippen LogP contribution is 2.28. The van der Waals surface area contributed by atoms with Crippen LogP contribution in [0.2, 0.25) is 5.02 Å². The summed E-state index contributed by atoms with van der Waals surface area (Å²) in [6, 6.07) is 3.04. The summed E-state index contributed by atoms with van der Waals surface area (Å²) >= 11 is 5.89. The van der Waals surface area contributed by atoms with E-state index in [1.807, 2.05) is 0 Å². The van der Waals surface area contributed by atoms with E-state index in [1.165, 1.54) is 19.2 Å². The molecule has 0 aromatic heterocycles. The molecule has 0 saturated heterocycles. The lowest BCUT2D eigenvalue weighted by Crippen LogP contribution is -2.25. The Hall–Kier alpha value is -1.46. The first-order valence-electron chi connectivity index (χ1n) is 5.50. The van der Waals surface area contributed by atoms with Crippen molar-refractivity contribution in [2.75, 3.05) is 33.1 Å². The molecule has 0 saturated carbocycles. The van der Waals surface area contributed by atoms with E-state index >= 15 is 0 Å². The first-order chi connectivity index (χ1) is 8.60. The van der Waals surface area contributed by atoms with Crippen LogP contribution in [0.5, 0.6) is 5.75 Å². The first kappa shape index (κ1) is 14.6. The SMILES string of the molecule is COCCCNC(=O)c1cc(Cl)c(N)cc1OC. The molecular formula is C12H17ClN2O3. The number of anilines is 1. The Labute approximate surface area is 111 Å². The van der Waals surface area contributed by atoms with Gasteiger partial charge >= 0.3 is 0 Å². The number of nitrogens with one attached hydrogen (secondary N) is 1. The minimum absolute atomic E-state index is 0.246. The number of rotatable bonds is 6. The normalized spacial score (nSPS) is 10.2. The van der Waals surface area contributed by atoms with E-state index in [0.29, 0.717) is 35.2 Å². The summed E-state index contributed by atoms with van der Waals surface area (Å²) in [7, 11) is 3.09. The number of benzene rings is 1. The van der Waals surface area contributed by atoms with E-state index in [2.05, 4.69) is 5.32 Å². The van der Waals surface area contributed by atoms with Crippen molar-refractivity contribution in [3.63, 3.8) is 0 Å². The number of carbonyl (C=O) groups is 1. The fraction of sp³-hybridized carbons (Fsp3) is 0.417. The van der Waals surface area contributed by atoms with Crippen molar-refractivity contribution in [1.82, 2.24) is 5.32 Å². The average Bonchev–Trinajstić information content (AvgIpc) is 2.37. The molecule has 6 heteroatoms. The maximum absolute atomic E-state index is 11.9. The van der Waals surface area contributed by atoms with Gasteiger partial charge in [0.1, 0.15) is 5.75 Å². The summed E-state index contributed by atoms with van der Waals surface area (Å²) in [4.78, 5) is 11.9. The molecule has 1 rings (SSSR count). The molecule has 5 nitrogen and oxygen atoms in total. The Balaban J connectivity index is 2.75. The maximum Gasteiger partial charge on any atom is 0.255 e. The standard InChI is InChI=1S/C12H17ClN2O3/c1-17-5-3-4-15-12(16)8-6-9(13)10(14)7-11(8)18-2/h6-7H,3-5,14H2,1-2H3,(H,15,16). The van der Waals surface area contributed by atoms with Crippen molar-refractivity contribution in [3.8, 4) is 5.75 Å². The van der Waals surface area contributed by atoms with Gasteiger partial charge in [-0.15, -0.1) is 0 Å². The Morgan fingerprint density at radius 1 is 1.44 bits per heavy atom. The average molecular weight is 273 g/mol. The fourth-order valence-corrected chi connectivity index (χ4v) is 1.59. The van der Waals surface area contributed by atoms with Gasteiger partial charge in [-0.3, -0.25) is 4.79 Å². The molecule has 0 aliphatic rings. The second-order valence-electron chi connectivity index (χ2n) is 3.68. The maximum atomic E-state index is 11.9. The van der Waals surface area contributed by atoms with Crippen molar-refractivity contribution in [3.05, 3.63) is 22.7 Å². The summed E-state index contributed by atoms with van der Waals surface area (Å²) in [5.41, 5.74) is 6.39. The summed E-state index contributed by atoms with van der Waals surface area (Å²) in [6.45, 7) is 1.12. The Morgan fingerprint density at radius 2 is 2.17 bits per heavy atom. The first-order valence-corrected chi connectivity index (χ1v) is 5.88. The van der Waals surface area contributed by atoms with Crippen molar-refractivity contribution in [2.24, 2.45) is 0 Å². The number of halogens is 1. The molecule has 1 aromatic rings. The Kier molecular flexibility index (Phi) is 5.74. The van der Waals surface area contributed by atoms with Gasteiger partial charge in [0.05, 0.1) is 23.4 Å². The predicted octanol–water partition coefficient (Wildman–Crippen LogP) is 1.70. The molecule has 1 amide bonds. The smallest absolute Gasteiger partial charge is 0.255 e. The van der Waals surface area contributed by atoms with E-state index in [4.69, 9.17) is 26.8 Å². The quantitative estimate of drug-likeness (QED) is 0.611. The molecule has 18 heavy (non-hydrogen) atoms. The topological polar surface area (TPSA) is 73.6 Å². The van der Waals surface area contributed by atoms with Crippen LogP contribution in [0.1, 0.15) is 16.8 Å². The molecule has 0 spiro atoms. The molecule has 3 N–H and O–H groups in total. The summed E-state index contributed by atoms with van der Waals surface area (Å²) < 4.78 is 10.0. The van der Waals surface area contributed by atoms with Crippen LogP contribution in [-0.2, 0) is 4.74 Å². The van der Waals surface area contributed by atoms with Crippen molar-refractivity contribution < 1.29 is 14.3 Å². The lowest BCUT2D eigenvalue weighted by Gasteiger charge is -2.11. The van der Waals surface area contributed by atoms with Gasteiger partial charge in [0.2, 0.25) is 0 Å². The predicted molar refractivity (Wildman–Crippen MR) is 71.2 cm³/mol. The van der Waals surface area contributed by atoms with Crippen LogP contribution in [-0.4, -0.2) is 33.3 Å². The molecule has 0 radical (unpaired) electrons. The third-order valence-corrected chi connectivity index (χ3v) is 2.70. The molecular weight excluding hydrogens is 256 g/mol. The molecule has 100 valence electrons. The van der Waals surface area contributed by atoms with Crippen LogP contribution in [0, 0.1) is 0 Å². The van der Waals surface area contributed by atoms with Crippen molar-refractivity contribution in [2.45, 2.75) is 6.42 Å². The molecule has 0 fully saturated rings. The van der Waals surface area contributed by atoms with E-state index < -0.39 is 0 Å². The second-order valence-corrected chi connectivity index (χ2v) is 4.08. The zero-order chi connectivity index (χ0) is 13.5. The van der Waals surface area contributed by atoms with Gasteiger partial charge in [0, 0.05) is 26.3 Å². The monoisotopic (exact) mass is 272 g/mol. The van der Waals surface area contributed by atoms with E-state index in [1.54, 1.807) is 7.11 Å². The molecule has 0 aliphatic heterocycles. The van der Waals surface area contributed by atoms with Gasteiger partial charge in [0.25, 0.3) is 5.91 Å². The van der Waals surface area contributed by atoms with Gasteiger partial charge in [-0.1, -0.05) is 11.6 Å². The van der Waals surface area contributed by atoms with Crippen LogP contribution >= 0.6 is 11.6 Å². The minimum Gasteiger partial charge on any atom is -0.496 e. The van der Waals surface area contributed by atoms with Gasteiger partial charge in [-0.2, -0.15) is 0 Å². The lowest BCUT2D eigenvalue weighted by atomic mass is 10.1. The number of hydrogen-bond acceptors (Lipinski definition) is 4. The van der Waals surface area contributed by atoms with E-state index in [-0.39, 0.29) is 5.91 Å². The minimum atomic E-state index is -0.246. The molecule has 0 heterocycles. The van der Waals surface area contributed by atoms with Crippen LogP contribution in [0.15, 0.2) is 12.1 Å². The van der Waals surface area contributed by atoms with Crippen LogP contribution in [0.25, 0.3) is 0 Å². The second kappa shape index (κ2) is 7.08. The number of amides is 1. The number of nitrogens with two attached hydrogens (primary N) is 1. The summed E-state index contributed by atoms with van der Waals surface area (Å²) in [5, 5.41) is 3.09. The number of carbonyl (C=O) groups excluding carboxylic acids is 1. The zero-order valence-corrected chi connectivity index (χ0v) is 11.2. The molecule has 1 aromatic carbocycles. The molecule has 0 aliphatic carbocycles.